The molecule has 22 heavy (non-hydrogen) atoms. The molecule has 3 N–H and O–H groups in total. The summed E-state index contributed by atoms with van der Waals surface area (Å²) in [5, 5.41) is 19.8. The number of anilines is 2. The van der Waals surface area contributed by atoms with Crippen LogP contribution in [0.15, 0.2) is 12.3 Å². The normalized spacial score (nSPS) is 17.6. The van der Waals surface area contributed by atoms with Gasteiger partial charge in [0.2, 0.25) is 5.95 Å². The smallest absolute Gasteiger partial charge is 0.223 e. The monoisotopic (exact) mass is 297 g/mol. The fourth-order valence-electron chi connectivity index (χ4n) is 2.50. The van der Waals surface area contributed by atoms with Crippen LogP contribution in [-0.2, 0) is 0 Å². The van der Waals surface area contributed by atoms with Crippen LogP contribution in [0.25, 0.3) is 10.9 Å². The van der Waals surface area contributed by atoms with E-state index in [2.05, 4.69) is 37.0 Å². The number of hydrogen-bond acceptors (Lipinski definition) is 7. The summed E-state index contributed by atoms with van der Waals surface area (Å²) in [6, 6.07) is 4.34. The lowest BCUT2D eigenvalue weighted by molar-refractivity contribution is 0.782. The number of aromatic nitrogens is 3. The Morgan fingerprint density at radius 1 is 1.41 bits per heavy atom. The van der Waals surface area contributed by atoms with Crippen LogP contribution < -0.4 is 16.0 Å². The summed E-state index contributed by atoms with van der Waals surface area (Å²) in [5.74, 6) is 1.22. The van der Waals surface area contributed by atoms with Crippen LogP contribution in [0, 0.1) is 11.3 Å². The summed E-state index contributed by atoms with van der Waals surface area (Å²) in [6.45, 7) is 5.98. The molecule has 1 aliphatic rings. The molecule has 3 rings (SSSR count). The van der Waals surface area contributed by atoms with Crippen molar-refractivity contribution in [3.63, 3.8) is 0 Å². The Kier molecular flexibility index (Phi) is 4.02. The molecule has 2 aromatic heterocycles. The minimum absolute atomic E-state index is 0.204. The average molecular weight is 297 g/mol. The Morgan fingerprint density at radius 3 is 2.95 bits per heavy atom. The highest BCUT2D eigenvalue weighted by Crippen LogP contribution is 2.22. The Balaban J connectivity index is 1.99. The number of rotatable bonds is 4. The van der Waals surface area contributed by atoms with E-state index < -0.39 is 0 Å². The first kappa shape index (κ1) is 14.5. The summed E-state index contributed by atoms with van der Waals surface area (Å²) >= 11 is 0. The molecule has 0 amide bonds. The van der Waals surface area contributed by atoms with E-state index in [1.54, 1.807) is 12.3 Å². The first-order valence-corrected chi connectivity index (χ1v) is 7.47. The maximum atomic E-state index is 9.10. The van der Waals surface area contributed by atoms with Crippen molar-refractivity contribution in [2.45, 2.75) is 32.4 Å². The second-order valence-corrected chi connectivity index (χ2v) is 5.73. The zero-order valence-electron chi connectivity index (χ0n) is 12.7. The van der Waals surface area contributed by atoms with Gasteiger partial charge in [0, 0.05) is 30.2 Å². The van der Waals surface area contributed by atoms with Crippen LogP contribution in [-0.4, -0.2) is 40.1 Å². The van der Waals surface area contributed by atoms with E-state index in [9.17, 15) is 0 Å². The molecular weight excluding hydrogens is 278 g/mol. The van der Waals surface area contributed by atoms with Crippen LogP contribution in [0.2, 0.25) is 0 Å². The van der Waals surface area contributed by atoms with Gasteiger partial charge in [0.05, 0.1) is 0 Å². The molecule has 1 aliphatic heterocycles. The summed E-state index contributed by atoms with van der Waals surface area (Å²) in [7, 11) is 0. The lowest BCUT2D eigenvalue weighted by Crippen LogP contribution is -2.23. The van der Waals surface area contributed by atoms with Crippen LogP contribution in [0.5, 0.6) is 0 Å². The molecular formula is C15H19N7. The molecule has 7 nitrogen and oxygen atoms in total. The third-order valence-electron chi connectivity index (χ3n) is 3.50. The van der Waals surface area contributed by atoms with Gasteiger partial charge < -0.3 is 16.0 Å². The van der Waals surface area contributed by atoms with Crippen molar-refractivity contribution in [3.05, 3.63) is 18.0 Å². The number of pyridine rings is 1. The van der Waals surface area contributed by atoms with E-state index in [0.717, 1.165) is 30.4 Å². The zero-order chi connectivity index (χ0) is 15.5. The predicted octanol–water partition coefficient (Wildman–Crippen LogP) is 1.49. The molecule has 0 saturated carbocycles. The van der Waals surface area contributed by atoms with Gasteiger partial charge in [-0.15, -0.1) is 0 Å². The maximum absolute atomic E-state index is 9.10. The summed E-state index contributed by atoms with van der Waals surface area (Å²) < 4.78 is 0. The molecule has 3 heterocycles. The van der Waals surface area contributed by atoms with Crippen LogP contribution in [0.4, 0.5) is 11.8 Å². The van der Waals surface area contributed by atoms with E-state index in [4.69, 9.17) is 5.26 Å². The molecule has 2 aromatic rings. The summed E-state index contributed by atoms with van der Waals surface area (Å²) in [4.78, 5) is 13.3. The fourth-order valence-corrected chi connectivity index (χ4v) is 2.50. The molecule has 0 bridgehead atoms. The minimum Gasteiger partial charge on any atom is -0.366 e. The van der Waals surface area contributed by atoms with E-state index in [0.29, 0.717) is 23.5 Å². The van der Waals surface area contributed by atoms with Crippen molar-refractivity contribution in [2.75, 3.05) is 23.7 Å². The second kappa shape index (κ2) is 6.12. The zero-order valence-corrected chi connectivity index (χ0v) is 12.7. The largest absolute Gasteiger partial charge is 0.366 e. The average Bonchev–Trinajstić information content (AvgIpc) is 3.00. The van der Waals surface area contributed by atoms with Crippen molar-refractivity contribution in [1.29, 1.82) is 5.26 Å². The van der Waals surface area contributed by atoms with Gasteiger partial charge in [-0.05, 0) is 32.9 Å². The van der Waals surface area contributed by atoms with Gasteiger partial charge in [-0.3, -0.25) is 0 Å². The molecule has 0 aromatic carbocycles. The molecule has 1 unspecified atom stereocenters. The number of hydrogen-bond donors (Lipinski definition) is 3. The van der Waals surface area contributed by atoms with E-state index in [-0.39, 0.29) is 6.04 Å². The Labute approximate surface area is 129 Å². The summed E-state index contributed by atoms with van der Waals surface area (Å²) in [6.07, 6.45) is 2.80. The molecule has 0 spiro atoms. The molecule has 1 atom stereocenters. The van der Waals surface area contributed by atoms with Crippen molar-refractivity contribution >= 4 is 22.7 Å². The lowest BCUT2D eigenvalue weighted by atomic mass is 10.2. The van der Waals surface area contributed by atoms with Gasteiger partial charge in [-0.2, -0.15) is 5.26 Å². The SMILES string of the molecule is CC(C)Nc1nc(C#N)cc2cnc(NC3CCNC3)nc12. The standard InChI is InChI=1S/C15H19N7/c1-9(2)19-14-13-10(5-12(6-16)20-14)7-18-15(22-13)21-11-3-4-17-8-11/h5,7,9,11,17H,3-4,8H2,1-2H3,(H,19,20)(H,18,21,22). The first-order chi connectivity index (χ1) is 10.7. The van der Waals surface area contributed by atoms with Crippen molar-refractivity contribution in [1.82, 2.24) is 20.3 Å². The molecule has 0 aliphatic carbocycles. The van der Waals surface area contributed by atoms with Crippen LogP contribution in [0.3, 0.4) is 0 Å². The van der Waals surface area contributed by atoms with Crippen molar-refractivity contribution in [3.8, 4) is 6.07 Å². The molecule has 0 radical (unpaired) electrons. The van der Waals surface area contributed by atoms with Gasteiger partial charge in [-0.25, -0.2) is 15.0 Å². The van der Waals surface area contributed by atoms with Gasteiger partial charge in [0.1, 0.15) is 17.3 Å². The predicted molar refractivity (Wildman–Crippen MR) is 85.7 cm³/mol. The van der Waals surface area contributed by atoms with Crippen LogP contribution in [0.1, 0.15) is 26.0 Å². The molecule has 1 fully saturated rings. The third-order valence-corrected chi connectivity index (χ3v) is 3.50. The quantitative estimate of drug-likeness (QED) is 0.786. The molecule has 7 heteroatoms. The van der Waals surface area contributed by atoms with Gasteiger partial charge >= 0.3 is 0 Å². The molecule has 114 valence electrons. The van der Waals surface area contributed by atoms with Gasteiger partial charge in [0.15, 0.2) is 5.82 Å². The third kappa shape index (κ3) is 3.07. The minimum atomic E-state index is 0.204. The van der Waals surface area contributed by atoms with Gasteiger partial charge in [-0.1, -0.05) is 0 Å². The Hall–Kier alpha value is -2.46. The number of fused-ring (bicyclic) bond motifs is 1. The van der Waals surface area contributed by atoms with E-state index in [1.807, 2.05) is 13.8 Å². The lowest BCUT2D eigenvalue weighted by Gasteiger charge is -2.14. The van der Waals surface area contributed by atoms with Crippen molar-refractivity contribution in [2.24, 2.45) is 0 Å². The van der Waals surface area contributed by atoms with Crippen LogP contribution >= 0.6 is 0 Å². The highest BCUT2D eigenvalue weighted by Gasteiger charge is 2.16. The number of nitrogens with zero attached hydrogens (tertiary/aromatic N) is 4. The first-order valence-electron chi connectivity index (χ1n) is 7.47. The Bertz CT molecular complexity index is 714. The van der Waals surface area contributed by atoms with E-state index in [1.165, 1.54) is 0 Å². The highest BCUT2D eigenvalue weighted by molar-refractivity contribution is 5.89. The summed E-state index contributed by atoms with van der Waals surface area (Å²) in [5.41, 5.74) is 1.09. The Morgan fingerprint density at radius 2 is 2.27 bits per heavy atom. The van der Waals surface area contributed by atoms with Crippen molar-refractivity contribution < 1.29 is 0 Å². The number of nitriles is 1. The highest BCUT2D eigenvalue weighted by atomic mass is 15.2. The van der Waals surface area contributed by atoms with Gasteiger partial charge in [0.25, 0.3) is 0 Å². The number of nitrogens with one attached hydrogen (secondary N) is 3. The molecule has 1 saturated heterocycles. The maximum Gasteiger partial charge on any atom is 0.223 e. The topological polar surface area (TPSA) is 98.5 Å². The fraction of sp³-hybridized carbons (Fsp3) is 0.467. The van der Waals surface area contributed by atoms with E-state index >= 15 is 0 Å². The second-order valence-electron chi connectivity index (χ2n) is 5.73.